The minimum absolute atomic E-state index is 0.0940. The van der Waals surface area contributed by atoms with Gasteiger partial charge in [0.05, 0.1) is 18.2 Å². The van der Waals surface area contributed by atoms with Crippen molar-refractivity contribution >= 4 is 27.6 Å². The Morgan fingerprint density at radius 3 is 2.48 bits per heavy atom. The normalized spacial score (nSPS) is 18.5. The standard InChI is InChI=1S/C15H20N2O5S/c1-11(15(19)20)9-12-3-5-13(6-4-12)16-14(18)10-17-7-2-8-23(17,21)22/h3-6,11H,2,7-10H2,1H3,(H,16,18)(H,19,20). The van der Waals surface area contributed by atoms with Gasteiger partial charge in [0.25, 0.3) is 0 Å². The molecular formula is C15H20N2O5S. The number of carboxylic acids is 1. The number of carbonyl (C=O) groups is 2. The summed E-state index contributed by atoms with van der Waals surface area (Å²) < 4.78 is 24.5. The van der Waals surface area contributed by atoms with Gasteiger partial charge in [-0.05, 0) is 30.5 Å². The number of hydrogen-bond donors (Lipinski definition) is 2. The van der Waals surface area contributed by atoms with Crippen LogP contribution in [0, 0.1) is 5.92 Å². The number of rotatable bonds is 6. The maximum absolute atomic E-state index is 11.9. The Morgan fingerprint density at radius 1 is 1.30 bits per heavy atom. The molecule has 1 aliphatic heterocycles. The third kappa shape index (κ3) is 4.77. The fourth-order valence-electron chi connectivity index (χ4n) is 2.39. The highest BCUT2D eigenvalue weighted by molar-refractivity contribution is 7.89. The van der Waals surface area contributed by atoms with Crippen molar-refractivity contribution in [1.82, 2.24) is 4.31 Å². The Morgan fingerprint density at radius 2 is 1.96 bits per heavy atom. The molecule has 1 aliphatic rings. The van der Waals surface area contributed by atoms with E-state index in [2.05, 4.69) is 5.32 Å². The molecule has 0 aromatic heterocycles. The minimum Gasteiger partial charge on any atom is -0.481 e. The third-order valence-corrected chi connectivity index (χ3v) is 5.63. The second-order valence-electron chi connectivity index (χ2n) is 5.69. The molecule has 1 heterocycles. The summed E-state index contributed by atoms with van der Waals surface area (Å²) in [4.78, 5) is 22.7. The molecule has 1 saturated heterocycles. The summed E-state index contributed by atoms with van der Waals surface area (Å²) in [5.41, 5.74) is 1.42. The van der Waals surface area contributed by atoms with Crippen LogP contribution in [0.1, 0.15) is 18.9 Å². The first-order valence-electron chi connectivity index (χ1n) is 7.37. The highest BCUT2D eigenvalue weighted by Crippen LogP contribution is 2.15. The first kappa shape index (κ1) is 17.4. The summed E-state index contributed by atoms with van der Waals surface area (Å²) in [5, 5.41) is 11.5. The van der Waals surface area contributed by atoms with Crippen molar-refractivity contribution in [1.29, 1.82) is 0 Å². The van der Waals surface area contributed by atoms with Crippen LogP contribution in [0.25, 0.3) is 0 Å². The molecule has 0 spiro atoms. The van der Waals surface area contributed by atoms with Crippen LogP contribution in [-0.2, 0) is 26.0 Å². The minimum atomic E-state index is -3.29. The second kappa shape index (κ2) is 7.10. The molecule has 0 saturated carbocycles. The quantitative estimate of drug-likeness (QED) is 0.801. The first-order chi connectivity index (χ1) is 10.8. The lowest BCUT2D eigenvalue weighted by Gasteiger charge is -2.14. The van der Waals surface area contributed by atoms with Crippen molar-refractivity contribution in [2.24, 2.45) is 5.92 Å². The van der Waals surface area contributed by atoms with E-state index in [1.807, 2.05) is 0 Å². The number of sulfonamides is 1. The number of amides is 1. The van der Waals surface area contributed by atoms with Crippen molar-refractivity contribution in [3.05, 3.63) is 29.8 Å². The van der Waals surface area contributed by atoms with E-state index >= 15 is 0 Å². The molecule has 23 heavy (non-hydrogen) atoms. The van der Waals surface area contributed by atoms with Gasteiger partial charge in [-0.25, -0.2) is 8.42 Å². The Labute approximate surface area is 135 Å². The Hall–Kier alpha value is -1.93. The average molecular weight is 340 g/mol. The van der Waals surface area contributed by atoms with E-state index in [0.29, 0.717) is 25.1 Å². The summed E-state index contributed by atoms with van der Waals surface area (Å²) in [6.45, 7) is 1.83. The van der Waals surface area contributed by atoms with Crippen LogP contribution in [0.15, 0.2) is 24.3 Å². The van der Waals surface area contributed by atoms with Crippen LogP contribution in [0.3, 0.4) is 0 Å². The molecule has 1 fully saturated rings. The van der Waals surface area contributed by atoms with Crippen LogP contribution < -0.4 is 5.32 Å². The number of hydrogen-bond acceptors (Lipinski definition) is 4. The van der Waals surface area contributed by atoms with Gasteiger partial charge in [0.1, 0.15) is 0 Å². The van der Waals surface area contributed by atoms with Gasteiger partial charge in [-0.3, -0.25) is 9.59 Å². The number of benzene rings is 1. The van der Waals surface area contributed by atoms with E-state index in [9.17, 15) is 18.0 Å². The number of nitrogens with one attached hydrogen (secondary N) is 1. The van der Waals surface area contributed by atoms with Crippen molar-refractivity contribution < 1.29 is 23.1 Å². The average Bonchev–Trinajstić information content (AvgIpc) is 2.79. The van der Waals surface area contributed by atoms with Gasteiger partial charge in [-0.1, -0.05) is 19.1 Å². The van der Waals surface area contributed by atoms with Gasteiger partial charge in [0.2, 0.25) is 15.9 Å². The van der Waals surface area contributed by atoms with E-state index in [0.717, 1.165) is 5.56 Å². The molecule has 1 unspecified atom stereocenters. The third-order valence-electron chi connectivity index (χ3n) is 3.72. The predicted octanol–water partition coefficient (Wildman–Crippen LogP) is 0.924. The maximum atomic E-state index is 11.9. The largest absolute Gasteiger partial charge is 0.481 e. The molecule has 0 radical (unpaired) electrons. The lowest BCUT2D eigenvalue weighted by atomic mass is 10.0. The van der Waals surface area contributed by atoms with Gasteiger partial charge in [-0.2, -0.15) is 4.31 Å². The number of aliphatic carboxylic acids is 1. The lowest BCUT2D eigenvalue weighted by Crippen LogP contribution is -2.34. The van der Waals surface area contributed by atoms with Gasteiger partial charge < -0.3 is 10.4 Å². The van der Waals surface area contributed by atoms with Gasteiger partial charge in [-0.15, -0.1) is 0 Å². The zero-order valence-corrected chi connectivity index (χ0v) is 13.7. The second-order valence-corrected chi connectivity index (χ2v) is 7.78. The summed E-state index contributed by atoms with van der Waals surface area (Å²) in [5.74, 6) is -1.62. The maximum Gasteiger partial charge on any atom is 0.306 e. The number of anilines is 1. The van der Waals surface area contributed by atoms with Crippen LogP contribution in [-0.4, -0.2) is 48.5 Å². The highest BCUT2D eigenvalue weighted by Gasteiger charge is 2.29. The van der Waals surface area contributed by atoms with E-state index in [4.69, 9.17) is 5.11 Å². The molecule has 1 aromatic rings. The number of nitrogens with zero attached hydrogens (tertiary/aromatic N) is 1. The molecule has 1 amide bonds. The van der Waals surface area contributed by atoms with Crippen LogP contribution in [0.2, 0.25) is 0 Å². The summed E-state index contributed by atoms with van der Waals surface area (Å²) >= 11 is 0. The van der Waals surface area contributed by atoms with E-state index < -0.39 is 21.9 Å². The molecule has 0 aliphatic carbocycles. The van der Waals surface area contributed by atoms with Crippen molar-refractivity contribution in [2.45, 2.75) is 19.8 Å². The summed E-state index contributed by atoms with van der Waals surface area (Å²) in [6.07, 6.45) is 0.960. The molecule has 7 nitrogen and oxygen atoms in total. The predicted molar refractivity (Wildman–Crippen MR) is 85.6 cm³/mol. The van der Waals surface area contributed by atoms with Crippen LogP contribution >= 0.6 is 0 Å². The Balaban J connectivity index is 1.90. The highest BCUT2D eigenvalue weighted by atomic mass is 32.2. The smallest absolute Gasteiger partial charge is 0.306 e. The lowest BCUT2D eigenvalue weighted by molar-refractivity contribution is -0.141. The fourth-order valence-corrected chi connectivity index (χ4v) is 3.87. The molecule has 2 rings (SSSR count). The van der Waals surface area contributed by atoms with E-state index in [1.54, 1.807) is 31.2 Å². The monoisotopic (exact) mass is 340 g/mol. The summed E-state index contributed by atoms with van der Waals surface area (Å²) in [6, 6.07) is 6.86. The topological polar surface area (TPSA) is 104 Å². The van der Waals surface area contributed by atoms with E-state index in [1.165, 1.54) is 4.31 Å². The van der Waals surface area contributed by atoms with Crippen molar-refractivity contribution in [3.63, 3.8) is 0 Å². The van der Waals surface area contributed by atoms with Crippen LogP contribution in [0.5, 0.6) is 0 Å². The van der Waals surface area contributed by atoms with Gasteiger partial charge in [0.15, 0.2) is 0 Å². The molecule has 8 heteroatoms. The van der Waals surface area contributed by atoms with Crippen molar-refractivity contribution in [3.8, 4) is 0 Å². The molecule has 0 bridgehead atoms. The Bertz CT molecular complexity index is 684. The Kier molecular flexibility index (Phi) is 5.38. The SMILES string of the molecule is CC(Cc1ccc(NC(=O)CN2CCCS2(=O)=O)cc1)C(=O)O. The first-order valence-corrected chi connectivity index (χ1v) is 8.98. The van der Waals surface area contributed by atoms with Crippen molar-refractivity contribution in [2.75, 3.05) is 24.2 Å². The summed E-state index contributed by atoms with van der Waals surface area (Å²) in [7, 11) is -3.29. The zero-order chi connectivity index (χ0) is 17.0. The molecule has 126 valence electrons. The zero-order valence-electron chi connectivity index (χ0n) is 12.9. The van der Waals surface area contributed by atoms with E-state index in [-0.39, 0.29) is 18.2 Å². The molecule has 1 atom stereocenters. The number of carboxylic acid groups (broad SMARTS) is 1. The van der Waals surface area contributed by atoms with Gasteiger partial charge in [0, 0.05) is 12.2 Å². The van der Waals surface area contributed by atoms with Crippen LogP contribution in [0.4, 0.5) is 5.69 Å². The molecule has 2 N–H and O–H groups in total. The van der Waals surface area contributed by atoms with Gasteiger partial charge >= 0.3 is 5.97 Å². The number of carbonyl (C=O) groups excluding carboxylic acids is 1. The fraction of sp³-hybridized carbons (Fsp3) is 0.467. The molecule has 1 aromatic carbocycles. The molecular weight excluding hydrogens is 320 g/mol.